The standard InChI is InChI=1S/C20H30O6.C18H26O6.C17H24O6.C15H20O7/c1-6-19(2,3)18(23)26-20(4,5)8-7-14(21)24-15-11-9-12-13(10-11)17(22)25-16(12)15;1-6-17(2,3)15(20)24-18(4,5)16(21)23-12-9-7-10-11(8-9)14(19)22-13(10)12;1-5-17(3,4)16(20)21-8(2)14(18)22-12-9-6-10-11(7-9)15(19)23-13(10)12;1-4-15(2,3)14(18)19-6-9(16)21-11-8-5-7-10(20-8)12(11)22-13(7)17/h11-13,15-16H,6-10H2,1-5H3;9-13H,6-8H2,1-5H3;8-13H,5-7H2,1-4H3;7-8,10-12H,4-6H2,1-3H3. The SMILES string of the molecule is CCC(C)(C)C(=O)OC(C)(C)C(=O)OC1C2CC3C(=O)OC1C3C2.CCC(C)(C)C(=O)OC(C)(C)CCC(=O)OC1C2CC3C(=O)OC1C3C2.CCC(C)(C)C(=O)OC(C)C(=O)OC1C2CC3C(=O)OC1C3C2.CCC(C)(C)C(=O)OCC(=O)OC1C2CC3C(=O)OC1C3O2. The molecule has 6 aliphatic carbocycles. The number of hydrogen-bond donors (Lipinski definition) is 0. The fourth-order valence-electron chi connectivity index (χ4n) is 15.0. The van der Waals surface area contributed by atoms with E-state index in [-0.39, 0.29) is 138 Å². The van der Waals surface area contributed by atoms with E-state index in [1.807, 2.05) is 55.4 Å². The van der Waals surface area contributed by atoms with Crippen molar-refractivity contribution in [3.63, 3.8) is 0 Å². The Morgan fingerprint density at radius 3 is 1.31 bits per heavy atom. The van der Waals surface area contributed by atoms with Crippen molar-refractivity contribution in [3.05, 3.63) is 0 Å². The van der Waals surface area contributed by atoms with Crippen molar-refractivity contribution in [1.29, 1.82) is 0 Å². The molecule has 530 valence electrons. The summed E-state index contributed by atoms with van der Waals surface area (Å²) in [5.41, 5.74) is -4.56. The molecule has 0 aromatic carbocycles. The average molecular weight is 1340 g/mol. The van der Waals surface area contributed by atoms with E-state index in [9.17, 15) is 57.5 Å². The van der Waals surface area contributed by atoms with E-state index in [0.29, 0.717) is 38.5 Å². The van der Waals surface area contributed by atoms with Crippen LogP contribution in [0.25, 0.3) is 0 Å². The zero-order chi connectivity index (χ0) is 70.1. The minimum atomic E-state index is -1.37. The Bertz CT molecular complexity index is 3030. The highest BCUT2D eigenvalue weighted by atomic mass is 16.7. The van der Waals surface area contributed by atoms with Gasteiger partial charge in [0.05, 0.1) is 51.4 Å². The maximum atomic E-state index is 12.6. The second kappa shape index (κ2) is 27.1. The van der Waals surface area contributed by atoms with Crippen LogP contribution in [0, 0.1) is 80.8 Å². The van der Waals surface area contributed by atoms with Gasteiger partial charge in [-0.1, -0.05) is 27.7 Å². The zero-order valence-corrected chi connectivity index (χ0v) is 58.2. The van der Waals surface area contributed by atoms with Gasteiger partial charge in [0.1, 0.15) is 48.3 Å². The summed E-state index contributed by atoms with van der Waals surface area (Å²) in [7, 11) is 0. The molecule has 6 saturated carbocycles. The summed E-state index contributed by atoms with van der Waals surface area (Å²) < 4.78 is 70.4. The van der Waals surface area contributed by atoms with Crippen LogP contribution in [-0.2, 0) is 119 Å². The van der Waals surface area contributed by atoms with Gasteiger partial charge in [-0.3, -0.25) is 43.2 Å². The van der Waals surface area contributed by atoms with Crippen LogP contribution in [0.4, 0.5) is 0 Å². The van der Waals surface area contributed by atoms with E-state index in [0.717, 1.165) is 38.5 Å². The summed E-state index contributed by atoms with van der Waals surface area (Å²) in [6.45, 7) is 29.7. The molecule has 0 spiro atoms. The highest BCUT2D eigenvalue weighted by Gasteiger charge is 2.67. The molecular weight excluding hydrogens is 1240 g/mol. The molecule has 21 atom stereocenters. The Morgan fingerprint density at radius 2 is 0.832 bits per heavy atom. The summed E-state index contributed by atoms with van der Waals surface area (Å²) in [4.78, 5) is 144. The Morgan fingerprint density at radius 1 is 0.432 bits per heavy atom. The average Bonchev–Trinajstić information content (AvgIpc) is 1.60. The second-order valence-corrected chi connectivity index (χ2v) is 31.9. The molecule has 6 aliphatic heterocycles. The van der Waals surface area contributed by atoms with Gasteiger partial charge in [-0.2, -0.15) is 0 Å². The maximum Gasteiger partial charge on any atom is 0.350 e. The van der Waals surface area contributed by atoms with Crippen molar-refractivity contribution in [2.45, 2.75) is 280 Å². The summed E-state index contributed by atoms with van der Waals surface area (Å²) in [6, 6.07) is 0. The zero-order valence-electron chi connectivity index (χ0n) is 58.2. The van der Waals surface area contributed by atoms with E-state index in [1.165, 1.54) is 20.8 Å². The van der Waals surface area contributed by atoms with Gasteiger partial charge in [-0.25, -0.2) is 14.4 Å². The largest absolute Gasteiger partial charge is 0.459 e. The van der Waals surface area contributed by atoms with Crippen molar-refractivity contribution in [3.8, 4) is 0 Å². The maximum absolute atomic E-state index is 12.6. The van der Waals surface area contributed by atoms with Crippen molar-refractivity contribution in [2.24, 2.45) is 80.8 Å². The van der Waals surface area contributed by atoms with Gasteiger partial charge in [0, 0.05) is 41.9 Å². The molecule has 25 heteroatoms. The molecule has 0 radical (unpaired) electrons. The first-order chi connectivity index (χ1) is 44.2. The van der Waals surface area contributed by atoms with Gasteiger partial charge < -0.3 is 61.6 Å². The molecule has 21 unspecified atom stereocenters. The second-order valence-electron chi connectivity index (χ2n) is 31.9. The van der Waals surface area contributed by atoms with E-state index < -0.39 is 106 Å². The van der Waals surface area contributed by atoms with Gasteiger partial charge in [-0.05, 0) is 167 Å². The number of carbonyl (C=O) groups excluding carboxylic acids is 12. The molecule has 0 aromatic rings. The van der Waals surface area contributed by atoms with Crippen LogP contribution in [0.15, 0.2) is 0 Å². The fraction of sp³-hybridized carbons (Fsp3) is 0.829. The molecule has 12 fully saturated rings. The number of esters is 12. The van der Waals surface area contributed by atoms with Crippen LogP contribution in [0.2, 0.25) is 0 Å². The quantitative estimate of drug-likeness (QED) is 0.0740. The number of hydrogen-bond acceptors (Lipinski definition) is 25. The molecule has 6 heterocycles. The van der Waals surface area contributed by atoms with Crippen LogP contribution in [0.1, 0.15) is 201 Å². The molecule has 95 heavy (non-hydrogen) atoms. The van der Waals surface area contributed by atoms with Crippen LogP contribution < -0.4 is 0 Å². The highest BCUT2D eigenvalue weighted by molar-refractivity contribution is 5.86. The first-order valence-corrected chi connectivity index (χ1v) is 34.3. The first kappa shape index (κ1) is 72.9. The summed E-state index contributed by atoms with van der Waals surface area (Å²) >= 11 is 0. The molecule has 0 aromatic heterocycles. The lowest BCUT2D eigenvalue weighted by molar-refractivity contribution is -0.192. The number of carbonyl (C=O) groups is 12. The van der Waals surface area contributed by atoms with Crippen LogP contribution in [-0.4, -0.2) is 157 Å². The summed E-state index contributed by atoms with van der Waals surface area (Å²) in [5.74, 6) is -3.49. The lowest BCUT2D eigenvalue weighted by Gasteiger charge is -2.32. The molecule has 6 saturated heterocycles. The summed E-state index contributed by atoms with van der Waals surface area (Å²) in [6.07, 6.45) is 3.78. The predicted octanol–water partition coefficient (Wildman–Crippen LogP) is 7.69. The van der Waals surface area contributed by atoms with Crippen LogP contribution in [0.3, 0.4) is 0 Å². The third kappa shape index (κ3) is 14.8. The summed E-state index contributed by atoms with van der Waals surface area (Å²) in [5, 5.41) is 0. The third-order valence-corrected chi connectivity index (χ3v) is 22.9. The predicted molar refractivity (Wildman–Crippen MR) is 327 cm³/mol. The van der Waals surface area contributed by atoms with Gasteiger partial charge in [-0.15, -0.1) is 0 Å². The molecule has 0 amide bonds. The van der Waals surface area contributed by atoms with E-state index in [2.05, 4.69) is 0 Å². The fourth-order valence-corrected chi connectivity index (χ4v) is 15.0. The van der Waals surface area contributed by atoms with Crippen molar-refractivity contribution >= 4 is 71.6 Å². The van der Waals surface area contributed by atoms with E-state index >= 15 is 0 Å². The number of rotatable bonds is 22. The third-order valence-electron chi connectivity index (χ3n) is 22.9. The minimum absolute atomic E-state index is 0.0134. The monoisotopic (exact) mass is 1340 g/mol. The van der Waals surface area contributed by atoms with Crippen LogP contribution >= 0.6 is 0 Å². The lowest BCUT2D eigenvalue weighted by atomic mass is 9.88. The molecule has 0 N–H and O–H groups in total. The highest BCUT2D eigenvalue weighted by Crippen LogP contribution is 2.58. The van der Waals surface area contributed by atoms with Crippen molar-refractivity contribution in [1.82, 2.24) is 0 Å². The van der Waals surface area contributed by atoms with Crippen LogP contribution in [0.5, 0.6) is 0 Å². The van der Waals surface area contributed by atoms with Gasteiger partial charge in [0.2, 0.25) is 5.60 Å². The van der Waals surface area contributed by atoms with Gasteiger partial charge in [0.15, 0.2) is 24.9 Å². The number of ether oxygens (including phenoxy) is 13. The molecule has 12 aliphatic rings. The first-order valence-electron chi connectivity index (χ1n) is 34.3. The molecular formula is C70H100O25. The van der Waals surface area contributed by atoms with Gasteiger partial charge >= 0.3 is 71.6 Å². The van der Waals surface area contributed by atoms with Crippen molar-refractivity contribution in [2.75, 3.05) is 6.61 Å². The lowest BCUT2D eigenvalue weighted by Crippen LogP contribution is -2.46. The number of fused-ring (bicyclic) bond motifs is 4. The smallest absolute Gasteiger partial charge is 0.350 e. The normalized spacial score (nSPS) is 34.4. The molecule has 8 bridgehead atoms. The van der Waals surface area contributed by atoms with E-state index in [4.69, 9.17) is 61.6 Å². The minimum Gasteiger partial charge on any atom is -0.459 e. The van der Waals surface area contributed by atoms with Crippen molar-refractivity contribution < 1.29 is 119 Å². The van der Waals surface area contributed by atoms with E-state index in [1.54, 1.807) is 41.5 Å². The Kier molecular flexibility index (Phi) is 20.8. The molecule has 12 rings (SSSR count). The molecule has 25 nitrogen and oxygen atoms in total. The Hall–Kier alpha value is -6.40. The Balaban J connectivity index is 0.000000149. The van der Waals surface area contributed by atoms with Gasteiger partial charge in [0.25, 0.3) is 0 Å². The Labute approximate surface area is 555 Å². The topological polar surface area (TPSA) is 325 Å².